The van der Waals surface area contributed by atoms with Crippen molar-refractivity contribution >= 4 is 5.82 Å². The molecular formula is C17H27N3O. The summed E-state index contributed by atoms with van der Waals surface area (Å²) in [7, 11) is 2.18. The summed E-state index contributed by atoms with van der Waals surface area (Å²) in [5.41, 5.74) is 0. The van der Waals surface area contributed by atoms with Crippen LogP contribution in [0.4, 0.5) is 5.82 Å². The van der Waals surface area contributed by atoms with Crippen LogP contribution in [0.3, 0.4) is 0 Å². The van der Waals surface area contributed by atoms with E-state index in [0.717, 1.165) is 24.9 Å². The molecule has 2 saturated heterocycles. The Morgan fingerprint density at radius 2 is 1.95 bits per heavy atom. The summed E-state index contributed by atoms with van der Waals surface area (Å²) in [5.74, 6) is 1.95. The highest BCUT2D eigenvalue weighted by Gasteiger charge is 2.25. The smallest absolute Gasteiger partial charge is 0.128 e. The zero-order chi connectivity index (χ0) is 14.5. The number of anilines is 1. The Bertz CT molecular complexity index is 411. The van der Waals surface area contributed by atoms with Crippen LogP contribution in [0.5, 0.6) is 0 Å². The van der Waals surface area contributed by atoms with Crippen LogP contribution in [-0.4, -0.2) is 55.8 Å². The molecule has 4 nitrogen and oxygen atoms in total. The van der Waals surface area contributed by atoms with Gasteiger partial charge in [0, 0.05) is 52.1 Å². The highest BCUT2D eigenvalue weighted by Crippen LogP contribution is 2.22. The summed E-state index contributed by atoms with van der Waals surface area (Å²) in [4.78, 5) is 9.47. The lowest BCUT2D eigenvalue weighted by atomic mass is 9.97. The molecule has 0 N–H and O–H groups in total. The van der Waals surface area contributed by atoms with Gasteiger partial charge in [-0.05, 0) is 43.7 Å². The minimum Gasteiger partial charge on any atom is -0.381 e. The second-order valence-electron chi connectivity index (χ2n) is 6.39. The molecular weight excluding hydrogens is 262 g/mol. The maximum Gasteiger partial charge on any atom is 0.128 e. The summed E-state index contributed by atoms with van der Waals surface area (Å²) < 4.78 is 5.45. The van der Waals surface area contributed by atoms with E-state index in [9.17, 15) is 0 Å². The van der Waals surface area contributed by atoms with Crippen LogP contribution in [0, 0.1) is 5.92 Å². The van der Waals surface area contributed by atoms with E-state index in [1.54, 1.807) is 0 Å². The second-order valence-corrected chi connectivity index (χ2v) is 6.39. The largest absolute Gasteiger partial charge is 0.381 e. The molecule has 0 aromatic carbocycles. The van der Waals surface area contributed by atoms with E-state index in [0.29, 0.717) is 6.04 Å². The monoisotopic (exact) mass is 289 g/mol. The number of piperidine rings is 1. The van der Waals surface area contributed by atoms with E-state index < -0.39 is 0 Å². The van der Waals surface area contributed by atoms with Gasteiger partial charge in [0.15, 0.2) is 0 Å². The fraction of sp³-hybridized carbons (Fsp3) is 0.706. The maximum atomic E-state index is 5.45. The molecule has 21 heavy (non-hydrogen) atoms. The molecule has 0 bridgehead atoms. The van der Waals surface area contributed by atoms with Crippen molar-refractivity contribution in [3.63, 3.8) is 0 Å². The molecule has 2 aliphatic rings. The Morgan fingerprint density at radius 1 is 1.19 bits per heavy atom. The lowest BCUT2D eigenvalue weighted by Gasteiger charge is -2.39. The molecule has 0 aliphatic carbocycles. The van der Waals surface area contributed by atoms with Gasteiger partial charge in [-0.25, -0.2) is 4.98 Å². The minimum absolute atomic E-state index is 0.630. The average molecular weight is 289 g/mol. The third-order valence-electron chi connectivity index (χ3n) is 4.97. The summed E-state index contributed by atoms with van der Waals surface area (Å²) in [6.07, 6.45) is 6.86. The number of pyridine rings is 1. The lowest BCUT2D eigenvalue weighted by Crippen LogP contribution is -2.45. The van der Waals surface area contributed by atoms with Gasteiger partial charge in [-0.2, -0.15) is 0 Å². The molecule has 0 radical (unpaired) electrons. The van der Waals surface area contributed by atoms with Crippen molar-refractivity contribution in [2.45, 2.75) is 31.7 Å². The van der Waals surface area contributed by atoms with Crippen molar-refractivity contribution in [3.8, 4) is 0 Å². The van der Waals surface area contributed by atoms with Gasteiger partial charge in [0.2, 0.25) is 0 Å². The first-order valence-electron chi connectivity index (χ1n) is 8.27. The van der Waals surface area contributed by atoms with Gasteiger partial charge in [-0.1, -0.05) is 6.07 Å². The van der Waals surface area contributed by atoms with Crippen molar-refractivity contribution < 1.29 is 4.74 Å². The standard InChI is InChI=1S/C17H27N3O/c1-19(17-4-2-3-9-18-17)16-5-10-20(11-6-16)14-15-7-12-21-13-8-15/h2-4,9,15-16H,5-8,10-14H2,1H3. The number of hydrogen-bond donors (Lipinski definition) is 0. The third kappa shape index (κ3) is 3.95. The van der Waals surface area contributed by atoms with Crippen molar-refractivity contribution in [1.82, 2.24) is 9.88 Å². The molecule has 4 heteroatoms. The average Bonchev–Trinajstić information content (AvgIpc) is 2.57. The van der Waals surface area contributed by atoms with E-state index in [2.05, 4.69) is 34.0 Å². The molecule has 2 aliphatic heterocycles. The molecule has 116 valence electrons. The normalized spacial score (nSPS) is 22.3. The van der Waals surface area contributed by atoms with Gasteiger partial charge in [0.1, 0.15) is 5.82 Å². The summed E-state index contributed by atoms with van der Waals surface area (Å²) in [6, 6.07) is 6.78. The van der Waals surface area contributed by atoms with Crippen molar-refractivity contribution in [3.05, 3.63) is 24.4 Å². The molecule has 0 atom stereocenters. The number of rotatable bonds is 4. The maximum absolute atomic E-state index is 5.45. The van der Waals surface area contributed by atoms with E-state index >= 15 is 0 Å². The summed E-state index contributed by atoms with van der Waals surface area (Å²) in [6.45, 7) is 5.63. The quantitative estimate of drug-likeness (QED) is 0.851. The predicted molar refractivity (Wildman–Crippen MR) is 85.6 cm³/mol. The van der Waals surface area contributed by atoms with E-state index in [1.807, 2.05) is 12.3 Å². The molecule has 3 rings (SSSR count). The van der Waals surface area contributed by atoms with Crippen LogP contribution in [0.25, 0.3) is 0 Å². The third-order valence-corrected chi connectivity index (χ3v) is 4.97. The van der Waals surface area contributed by atoms with E-state index in [4.69, 9.17) is 4.74 Å². The van der Waals surface area contributed by atoms with E-state index in [1.165, 1.54) is 45.3 Å². The van der Waals surface area contributed by atoms with Crippen molar-refractivity contribution in [2.75, 3.05) is 44.8 Å². The molecule has 2 fully saturated rings. The van der Waals surface area contributed by atoms with Crippen molar-refractivity contribution in [2.24, 2.45) is 5.92 Å². The minimum atomic E-state index is 0.630. The zero-order valence-electron chi connectivity index (χ0n) is 13.1. The Kier molecular flexibility index (Phi) is 5.09. The molecule has 0 amide bonds. The fourth-order valence-electron chi connectivity index (χ4n) is 3.53. The molecule has 0 spiro atoms. The molecule has 0 unspecified atom stereocenters. The van der Waals surface area contributed by atoms with Crippen LogP contribution in [0.1, 0.15) is 25.7 Å². The zero-order valence-corrected chi connectivity index (χ0v) is 13.1. The van der Waals surface area contributed by atoms with Crippen LogP contribution in [-0.2, 0) is 4.74 Å². The van der Waals surface area contributed by atoms with Crippen molar-refractivity contribution in [1.29, 1.82) is 0 Å². The number of aromatic nitrogens is 1. The van der Waals surface area contributed by atoms with Crippen LogP contribution in [0.2, 0.25) is 0 Å². The van der Waals surface area contributed by atoms with Crippen LogP contribution >= 0.6 is 0 Å². The lowest BCUT2D eigenvalue weighted by molar-refractivity contribution is 0.0488. The van der Waals surface area contributed by atoms with Gasteiger partial charge in [0.25, 0.3) is 0 Å². The first-order chi connectivity index (χ1) is 10.3. The van der Waals surface area contributed by atoms with Gasteiger partial charge < -0.3 is 14.5 Å². The Hall–Kier alpha value is -1.13. The molecule has 1 aromatic heterocycles. The highest BCUT2D eigenvalue weighted by atomic mass is 16.5. The molecule has 3 heterocycles. The van der Waals surface area contributed by atoms with Gasteiger partial charge in [-0.3, -0.25) is 0 Å². The molecule has 1 aromatic rings. The Labute approximate surface area is 128 Å². The predicted octanol–water partition coefficient (Wildman–Crippen LogP) is 2.41. The fourth-order valence-corrected chi connectivity index (χ4v) is 3.53. The summed E-state index contributed by atoms with van der Waals surface area (Å²) in [5, 5.41) is 0. The topological polar surface area (TPSA) is 28.6 Å². The number of hydrogen-bond acceptors (Lipinski definition) is 4. The van der Waals surface area contributed by atoms with Crippen LogP contribution in [0.15, 0.2) is 24.4 Å². The van der Waals surface area contributed by atoms with Gasteiger partial charge in [0.05, 0.1) is 0 Å². The second kappa shape index (κ2) is 7.23. The Balaban J connectivity index is 1.46. The highest BCUT2D eigenvalue weighted by molar-refractivity contribution is 5.37. The first-order valence-corrected chi connectivity index (χ1v) is 8.27. The van der Waals surface area contributed by atoms with Gasteiger partial charge in [-0.15, -0.1) is 0 Å². The van der Waals surface area contributed by atoms with Crippen LogP contribution < -0.4 is 4.90 Å². The number of nitrogens with zero attached hydrogens (tertiary/aromatic N) is 3. The van der Waals surface area contributed by atoms with E-state index in [-0.39, 0.29) is 0 Å². The SMILES string of the molecule is CN(c1ccccn1)C1CCN(CC2CCOCC2)CC1. The van der Waals surface area contributed by atoms with Gasteiger partial charge >= 0.3 is 0 Å². The Morgan fingerprint density at radius 3 is 2.62 bits per heavy atom. The molecule has 0 saturated carbocycles. The number of ether oxygens (including phenoxy) is 1. The first kappa shape index (κ1) is 14.8. The summed E-state index contributed by atoms with van der Waals surface area (Å²) >= 11 is 0. The number of likely N-dealkylation sites (tertiary alicyclic amines) is 1.